The molecule has 2 aromatic carbocycles. The molecule has 1 fully saturated rings. The van der Waals surface area contributed by atoms with E-state index in [1.807, 2.05) is 38.1 Å². The predicted octanol–water partition coefficient (Wildman–Crippen LogP) is 5.50. The van der Waals surface area contributed by atoms with Crippen molar-refractivity contribution in [3.05, 3.63) is 47.0 Å². The molecule has 0 N–H and O–H groups in total. The molecule has 1 heterocycles. The van der Waals surface area contributed by atoms with Crippen LogP contribution in [0.3, 0.4) is 0 Å². The van der Waals surface area contributed by atoms with Crippen LogP contribution in [0.1, 0.15) is 32.8 Å². The lowest BCUT2D eigenvalue weighted by Crippen LogP contribution is -2.36. The van der Waals surface area contributed by atoms with Gasteiger partial charge < -0.3 is 19.1 Å². The van der Waals surface area contributed by atoms with Crippen LogP contribution in [0.5, 0.6) is 11.5 Å². The van der Waals surface area contributed by atoms with Crippen molar-refractivity contribution in [1.29, 1.82) is 0 Å². The van der Waals surface area contributed by atoms with E-state index in [1.54, 1.807) is 6.21 Å². The van der Waals surface area contributed by atoms with Gasteiger partial charge in [-0.1, -0.05) is 18.5 Å². The van der Waals surface area contributed by atoms with E-state index in [-0.39, 0.29) is 6.10 Å². The summed E-state index contributed by atoms with van der Waals surface area (Å²) in [4.78, 5) is 6.91. The number of aliphatic imine (C=N–C) groups is 1. The first-order valence-electron chi connectivity index (χ1n) is 10.2. The molecule has 1 aliphatic rings. The van der Waals surface area contributed by atoms with Crippen LogP contribution in [0.15, 0.2) is 41.4 Å². The van der Waals surface area contributed by atoms with Crippen LogP contribution in [0.4, 0.5) is 11.4 Å². The minimum absolute atomic E-state index is 0.0659. The van der Waals surface area contributed by atoms with Crippen molar-refractivity contribution < 1.29 is 14.2 Å². The summed E-state index contributed by atoms with van der Waals surface area (Å²) < 4.78 is 17.1. The average Bonchev–Trinajstić information content (AvgIpc) is 2.75. The van der Waals surface area contributed by atoms with E-state index in [1.165, 1.54) is 5.69 Å². The molecule has 0 saturated carbocycles. The van der Waals surface area contributed by atoms with Gasteiger partial charge in [0.05, 0.1) is 36.6 Å². The minimum Gasteiger partial charge on any atom is -0.490 e. The van der Waals surface area contributed by atoms with E-state index in [9.17, 15) is 0 Å². The second-order valence-corrected chi connectivity index (χ2v) is 7.38. The lowest BCUT2D eigenvalue weighted by atomic mass is 10.2. The highest BCUT2D eigenvalue weighted by Crippen LogP contribution is 2.37. The molecule has 0 bridgehead atoms. The van der Waals surface area contributed by atoms with E-state index in [2.05, 4.69) is 28.9 Å². The molecular formula is C23H29ClN2O3. The summed E-state index contributed by atoms with van der Waals surface area (Å²) in [7, 11) is 0. The Morgan fingerprint density at radius 3 is 2.55 bits per heavy atom. The van der Waals surface area contributed by atoms with Crippen LogP contribution in [0.2, 0.25) is 5.02 Å². The molecule has 0 aromatic heterocycles. The van der Waals surface area contributed by atoms with E-state index in [4.69, 9.17) is 25.8 Å². The SMILES string of the molecule is CCOc1cc(C=Nc2ccc(N3CCOCC3)cc2)cc(Cl)c1O[C@@H](C)CC. The van der Waals surface area contributed by atoms with Crippen molar-refractivity contribution in [3.63, 3.8) is 0 Å². The number of halogens is 1. The number of anilines is 1. The number of benzene rings is 2. The van der Waals surface area contributed by atoms with Crippen molar-refractivity contribution in [2.45, 2.75) is 33.3 Å². The Labute approximate surface area is 178 Å². The highest BCUT2D eigenvalue weighted by molar-refractivity contribution is 6.32. The topological polar surface area (TPSA) is 43.3 Å². The Morgan fingerprint density at radius 2 is 1.90 bits per heavy atom. The summed E-state index contributed by atoms with van der Waals surface area (Å²) in [5.74, 6) is 1.24. The fourth-order valence-electron chi connectivity index (χ4n) is 3.04. The van der Waals surface area contributed by atoms with Crippen molar-refractivity contribution >= 4 is 29.2 Å². The van der Waals surface area contributed by atoms with Crippen LogP contribution in [-0.2, 0) is 4.74 Å². The number of hydrogen-bond acceptors (Lipinski definition) is 5. The quantitative estimate of drug-likeness (QED) is 0.532. The van der Waals surface area contributed by atoms with Gasteiger partial charge in [-0.3, -0.25) is 4.99 Å². The first kappa shape index (κ1) is 21.5. The molecule has 0 radical (unpaired) electrons. The van der Waals surface area contributed by atoms with Gasteiger partial charge in [0.1, 0.15) is 0 Å². The fourth-order valence-corrected chi connectivity index (χ4v) is 3.31. The molecule has 6 heteroatoms. The maximum atomic E-state index is 6.48. The first-order chi connectivity index (χ1) is 14.1. The highest BCUT2D eigenvalue weighted by Gasteiger charge is 2.15. The zero-order valence-electron chi connectivity index (χ0n) is 17.4. The summed E-state index contributed by atoms with van der Waals surface area (Å²) in [6, 6.07) is 12.0. The molecule has 1 aliphatic heterocycles. The fraction of sp³-hybridized carbons (Fsp3) is 0.435. The van der Waals surface area contributed by atoms with E-state index < -0.39 is 0 Å². The molecule has 29 heavy (non-hydrogen) atoms. The molecule has 1 atom stereocenters. The number of morpholine rings is 1. The van der Waals surface area contributed by atoms with Gasteiger partial charge in [-0.2, -0.15) is 0 Å². The Bertz CT molecular complexity index is 818. The molecule has 156 valence electrons. The molecule has 0 aliphatic carbocycles. The number of hydrogen-bond donors (Lipinski definition) is 0. The summed E-state index contributed by atoms with van der Waals surface area (Å²) >= 11 is 6.48. The Morgan fingerprint density at radius 1 is 1.17 bits per heavy atom. The lowest BCUT2D eigenvalue weighted by Gasteiger charge is -2.28. The van der Waals surface area contributed by atoms with Crippen molar-refractivity contribution in [2.75, 3.05) is 37.8 Å². The van der Waals surface area contributed by atoms with Gasteiger partial charge >= 0.3 is 0 Å². The van der Waals surface area contributed by atoms with Gasteiger partial charge in [-0.05, 0) is 62.2 Å². The third kappa shape index (κ3) is 5.87. The Balaban J connectivity index is 1.75. The minimum atomic E-state index is 0.0659. The Hall–Kier alpha value is -2.24. The van der Waals surface area contributed by atoms with Gasteiger partial charge in [0.25, 0.3) is 0 Å². The number of ether oxygens (including phenoxy) is 3. The van der Waals surface area contributed by atoms with Crippen molar-refractivity contribution in [1.82, 2.24) is 0 Å². The van der Waals surface area contributed by atoms with E-state index in [0.29, 0.717) is 23.1 Å². The number of rotatable bonds is 8. The smallest absolute Gasteiger partial charge is 0.180 e. The molecule has 5 nitrogen and oxygen atoms in total. The monoisotopic (exact) mass is 416 g/mol. The zero-order valence-corrected chi connectivity index (χ0v) is 18.1. The van der Waals surface area contributed by atoms with Gasteiger partial charge in [-0.25, -0.2) is 0 Å². The van der Waals surface area contributed by atoms with Gasteiger partial charge in [0, 0.05) is 25.0 Å². The van der Waals surface area contributed by atoms with Crippen molar-refractivity contribution in [2.24, 2.45) is 4.99 Å². The largest absolute Gasteiger partial charge is 0.490 e. The molecule has 3 rings (SSSR count). The zero-order chi connectivity index (χ0) is 20.6. The summed E-state index contributed by atoms with van der Waals surface area (Å²) in [6.07, 6.45) is 2.76. The average molecular weight is 417 g/mol. The molecule has 2 aromatic rings. The third-order valence-electron chi connectivity index (χ3n) is 4.81. The molecule has 1 saturated heterocycles. The van der Waals surface area contributed by atoms with Crippen LogP contribution >= 0.6 is 11.6 Å². The van der Waals surface area contributed by atoms with Crippen LogP contribution in [0.25, 0.3) is 0 Å². The van der Waals surface area contributed by atoms with Crippen LogP contribution in [-0.4, -0.2) is 45.2 Å². The van der Waals surface area contributed by atoms with E-state index >= 15 is 0 Å². The van der Waals surface area contributed by atoms with Crippen LogP contribution < -0.4 is 14.4 Å². The summed E-state index contributed by atoms with van der Waals surface area (Å²) in [5, 5.41) is 0.528. The maximum absolute atomic E-state index is 6.48. The normalized spacial score (nSPS) is 15.5. The van der Waals surface area contributed by atoms with Gasteiger partial charge in [0.15, 0.2) is 11.5 Å². The second kappa shape index (κ2) is 10.5. The predicted molar refractivity (Wildman–Crippen MR) is 120 cm³/mol. The number of nitrogens with zero attached hydrogens (tertiary/aromatic N) is 2. The van der Waals surface area contributed by atoms with Gasteiger partial charge in [0.2, 0.25) is 0 Å². The van der Waals surface area contributed by atoms with E-state index in [0.717, 1.165) is 44.0 Å². The second-order valence-electron chi connectivity index (χ2n) is 6.97. The Kier molecular flexibility index (Phi) is 7.78. The maximum Gasteiger partial charge on any atom is 0.180 e. The summed E-state index contributed by atoms with van der Waals surface area (Å²) in [6.45, 7) is 9.97. The lowest BCUT2D eigenvalue weighted by molar-refractivity contribution is 0.122. The van der Waals surface area contributed by atoms with Crippen LogP contribution in [0, 0.1) is 0 Å². The third-order valence-corrected chi connectivity index (χ3v) is 5.10. The molecular weight excluding hydrogens is 388 g/mol. The van der Waals surface area contributed by atoms with Gasteiger partial charge in [-0.15, -0.1) is 0 Å². The van der Waals surface area contributed by atoms with Crippen molar-refractivity contribution in [3.8, 4) is 11.5 Å². The standard InChI is InChI=1S/C23H29ClN2O3/c1-4-17(3)29-23-21(24)14-18(15-22(23)28-5-2)16-25-19-6-8-20(9-7-19)26-10-12-27-13-11-26/h6-9,14-17H,4-5,10-13H2,1-3H3/t17-/m0/s1. The molecule has 0 unspecified atom stereocenters. The summed E-state index contributed by atoms with van der Waals surface area (Å²) in [5.41, 5.74) is 2.95. The molecule has 0 spiro atoms. The molecule has 0 amide bonds. The first-order valence-corrected chi connectivity index (χ1v) is 10.6. The highest BCUT2D eigenvalue weighted by atomic mass is 35.5.